The monoisotopic (exact) mass is 254 g/mol. The Morgan fingerprint density at radius 2 is 1.67 bits per heavy atom. The Hall–Kier alpha value is -0.570. The van der Waals surface area contributed by atoms with E-state index in [0.29, 0.717) is 12.5 Å². The number of carbonyl (C=O) groups excluding carboxylic acids is 1. The van der Waals surface area contributed by atoms with Gasteiger partial charge >= 0.3 is 0 Å². The van der Waals surface area contributed by atoms with Crippen LogP contribution in [-0.2, 0) is 4.79 Å². The second-order valence-corrected chi connectivity index (χ2v) is 6.79. The third kappa shape index (κ3) is 5.85. The minimum Gasteiger partial charge on any atom is -0.353 e. The third-order valence-corrected chi connectivity index (χ3v) is 3.99. The smallest absolute Gasteiger partial charge is 0.221 e. The first-order valence-corrected chi connectivity index (χ1v) is 7.44. The first-order chi connectivity index (χ1) is 8.39. The molecule has 0 heterocycles. The van der Waals surface area contributed by atoms with Gasteiger partial charge in [-0.3, -0.25) is 4.79 Å². The van der Waals surface area contributed by atoms with Gasteiger partial charge in [-0.1, -0.05) is 52.9 Å². The molecule has 1 unspecified atom stereocenters. The molecule has 0 radical (unpaired) electrons. The highest BCUT2D eigenvalue weighted by Gasteiger charge is 2.24. The molecule has 0 bridgehead atoms. The highest BCUT2D eigenvalue weighted by molar-refractivity contribution is 5.77. The van der Waals surface area contributed by atoms with E-state index in [9.17, 15) is 4.79 Å². The van der Waals surface area contributed by atoms with E-state index in [4.69, 9.17) is 5.73 Å². The molecule has 0 saturated heterocycles. The van der Waals surface area contributed by atoms with Crippen LogP contribution < -0.4 is 11.1 Å². The zero-order valence-electron chi connectivity index (χ0n) is 12.3. The molecule has 1 amide bonds. The second kappa shape index (κ2) is 7.13. The molecule has 3 heteroatoms. The zero-order valence-corrected chi connectivity index (χ0v) is 12.3. The van der Waals surface area contributed by atoms with Crippen LogP contribution >= 0.6 is 0 Å². The number of carbonyl (C=O) groups is 1. The van der Waals surface area contributed by atoms with E-state index in [-0.39, 0.29) is 17.4 Å². The molecule has 0 aromatic carbocycles. The first kappa shape index (κ1) is 15.5. The van der Waals surface area contributed by atoms with Crippen LogP contribution in [0.5, 0.6) is 0 Å². The molecule has 1 aliphatic carbocycles. The molecule has 106 valence electrons. The van der Waals surface area contributed by atoms with Crippen molar-refractivity contribution in [2.24, 2.45) is 11.1 Å². The minimum absolute atomic E-state index is 0.00171. The van der Waals surface area contributed by atoms with Gasteiger partial charge in [-0.05, 0) is 18.3 Å². The van der Waals surface area contributed by atoms with Crippen LogP contribution in [0.3, 0.4) is 0 Å². The Morgan fingerprint density at radius 3 is 2.17 bits per heavy atom. The molecule has 1 aliphatic rings. The highest BCUT2D eigenvalue weighted by atomic mass is 16.1. The predicted molar refractivity (Wildman–Crippen MR) is 76.3 cm³/mol. The second-order valence-electron chi connectivity index (χ2n) is 6.79. The van der Waals surface area contributed by atoms with Gasteiger partial charge in [0.05, 0.1) is 0 Å². The SMILES string of the molecule is CC(C)(C)C(N)CC(=O)NC1CCCCCCC1. The van der Waals surface area contributed by atoms with Crippen molar-refractivity contribution < 1.29 is 4.79 Å². The summed E-state index contributed by atoms with van der Waals surface area (Å²) in [6.07, 6.45) is 9.19. The Bertz CT molecular complexity index is 250. The van der Waals surface area contributed by atoms with Crippen molar-refractivity contribution in [1.82, 2.24) is 5.32 Å². The number of amides is 1. The molecule has 0 spiro atoms. The summed E-state index contributed by atoms with van der Waals surface area (Å²) in [4.78, 5) is 12.0. The average Bonchev–Trinajstić information content (AvgIpc) is 2.20. The summed E-state index contributed by atoms with van der Waals surface area (Å²) in [6, 6.07) is 0.316. The van der Waals surface area contributed by atoms with Gasteiger partial charge in [-0.2, -0.15) is 0 Å². The van der Waals surface area contributed by atoms with E-state index < -0.39 is 0 Å². The van der Waals surface area contributed by atoms with Crippen LogP contribution in [-0.4, -0.2) is 18.0 Å². The molecular weight excluding hydrogens is 224 g/mol. The molecule has 0 aliphatic heterocycles. The molecule has 1 fully saturated rings. The average molecular weight is 254 g/mol. The number of rotatable bonds is 3. The maximum Gasteiger partial charge on any atom is 0.221 e. The summed E-state index contributed by atoms with van der Waals surface area (Å²) in [5, 5.41) is 3.17. The Morgan fingerprint density at radius 1 is 1.17 bits per heavy atom. The lowest BCUT2D eigenvalue weighted by Crippen LogP contribution is -2.43. The number of nitrogens with two attached hydrogens (primary N) is 1. The predicted octanol–water partition coefficient (Wildman–Crippen LogP) is 2.98. The van der Waals surface area contributed by atoms with Crippen molar-refractivity contribution in [2.45, 2.75) is 84.2 Å². The van der Waals surface area contributed by atoms with Gasteiger partial charge in [0.2, 0.25) is 5.91 Å². The van der Waals surface area contributed by atoms with Gasteiger partial charge in [0, 0.05) is 18.5 Å². The molecule has 18 heavy (non-hydrogen) atoms. The molecular formula is C15H30N2O. The lowest BCUT2D eigenvalue weighted by molar-refractivity contribution is -0.122. The van der Waals surface area contributed by atoms with Crippen LogP contribution in [0.15, 0.2) is 0 Å². The van der Waals surface area contributed by atoms with E-state index in [1.165, 1.54) is 32.1 Å². The molecule has 3 N–H and O–H groups in total. The fraction of sp³-hybridized carbons (Fsp3) is 0.933. The number of hydrogen-bond acceptors (Lipinski definition) is 2. The van der Waals surface area contributed by atoms with Gasteiger partial charge < -0.3 is 11.1 Å². The summed E-state index contributed by atoms with van der Waals surface area (Å²) in [7, 11) is 0. The van der Waals surface area contributed by atoms with E-state index in [1.54, 1.807) is 0 Å². The standard InChI is InChI=1S/C15H30N2O/c1-15(2,3)13(16)11-14(18)17-12-9-7-5-4-6-8-10-12/h12-13H,4-11,16H2,1-3H3,(H,17,18). The molecule has 0 aromatic heterocycles. The summed E-state index contributed by atoms with van der Waals surface area (Å²) in [5.74, 6) is 0.128. The molecule has 1 saturated carbocycles. The van der Waals surface area contributed by atoms with Crippen molar-refractivity contribution in [2.75, 3.05) is 0 Å². The van der Waals surface area contributed by atoms with E-state index >= 15 is 0 Å². The first-order valence-electron chi connectivity index (χ1n) is 7.44. The lowest BCUT2D eigenvalue weighted by atomic mass is 9.85. The maximum absolute atomic E-state index is 12.0. The van der Waals surface area contributed by atoms with Crippen LogP contribution in [0.25, 0.3) is 0 Å². The third-order valence-electron chi connectivity index (χ3n) is 3.99. The van der Waals surface area contributed by atoms with Crippen molar-refractivity contribution in [1.29, 1.82) is 0 Å². The largest absolute Gasteiger partial charge is 0.353 e. The van der Waals surface area contributed by atoms with Crippen LogP contribution in [0.1, 0.15) is 72.1 Å². The highest BCUT2D eigenvalue weighted by Crippen LogP contribution is 2.20. The maximum atomic E-state index is 12.0. The Balaban J connectivity index is 2.34. The van der Waals surface area contributed by atoms with Gasteiger partial charge in [0.1, 0.15) is 0 Å². The Labute approximate surface area is 112 Å². The van der Waals surface area contributed by atoms with Crippen LogP contribution in [0, 0.1) is 5.41 Å². The topological polar surface area (TPSA) is 55.1 Å². The van der Waals surface area contributed by atoms with Crippen molar-refractivity contribution in [3.8, 4) is 0 Å². The van der Waals surface area contributed by atoms with E-state index in [1.807, 2.05) is 0 Å². The normalized spacial score (nSPS) is 20.9. The molecule has 0 aromatic rings. The quantitative estimate of drug-likeness (QED) is 0.813. The zero-order chi connectivity index (χ0) is 13.6. The molecule has 1 rings (SSSR count). The summed E-state index contributed by atoms with van der Waals surface area (Å²) >= 11 is 0. The van der Waals surface area contributed by atoms with Crippen LogP contribution in [0.2, 0.25) is 0 Å². The fourth-order valence-corrected chi connectivity index (χ4v) is 2.39. The summed E-state index contributed by atoms with van der Waals surface area (Å²) < 4.78 is 0. The van der Waals surface area contributed by atoms with Gasteiger partial charge in [0.25, 0.3) is 0 Å². The summed E-state index contributed by atoms with van der Waals surface area (Å²) in [6.45, 7) is 6.25. The minimum atomic E-state index is -0.0638. The molecule has 1 atom stereocenters. The van der Waals surface area contributed by atoms with Crippen molar-refractivity contribution >= 4 is 5.91 Å². The van der Waals surface area contributed by atoms with Crippen molar-refractivity contribution in [3.05, 3.63) is 0 Å². The van der Waals surface area contributed by atoms with Crippen LogP contribution in [0.4, 0.5) is 0 Å². The van der Waals surface area contributed by atoms with Gasteiger partial charge in [-0.15, -0.1) is 0 Å². The van der Waals surface area contributed by atoms with Gasteiger partial charge in [-0.25, -0.2) is 0 Å². The number of hydrogen-bond donors (Lipinski definition) is 2. The summed E-state index contributed by atoms with van der Waals surface area (Å²) in [5.41, 5.74) is 6.05. The number of nitrogens with one attached hydrogen (secondary N) is 1. The van der Waals surface area contributed by atoms with E-state index in [0.717, 1.165) is 12.8 Å². The van der Waals surface area contributed by atoms with Crippen molar-refractivity contribution in [3.63, 3.8) is 0 Å². The molecule has 3 nitrogen and oxygen atoms in total. The van der Waals surface area contributed by atoms with E-state index in [2.05, 4.69) is 26.1 Å². The van der Waals surface area contributed by atoms with Gasteiger partial charge in [0.15, 0.2) is 0 Å². The lowest BCUT2D eigenvalue weighted by Gasteiger charge is -2.28. The fourth-order valence-electron chi connectivity index (χ4n) is 2.39. The Kier molecular flexibility index (Phi) is 6.13.